The smallest absolute Gasteiger partial charge is 0.0175 e. The fraction of sp³-hybridized carbons (Fsp3) is 0.0345. The third-order valence-electron chi connectivity index (χ3n) is 5.49. The lowest BCUT2D eigenvalue weighted by Crippen LogP contribution is -1.86. The summed E-state index contributed by atoms with van der Waals surface area (Å²) in [7, 11) is 0. The summed E-state index contributed by atoms with van der Waals surface area (Å²) in [5.74, 6) is 0. The predicted molar refractivity (Wildman–Crippen MR) is 125 cm³/mol. The molecule has 29 heavy (non-hydrogen) atoms. The molecule has 0 aromatic heterocycles. The highest BCUT2D eigenvalue weighted by atomic mass is 14.1. The highest BCUT2D eigenvalue weighted by molar-refractivity contribution is 5.88. The Balaban J connectivity index is 1.53. The second-order valence-corrected chi connectivity index (χ2v) is 7.59. The second kappa shape index (κ2) is 7.41. The van der Waals surface area contributed by atoms with E-state index in [1.807, 2.05) is 0 Å². The summed E-state index contributed by atoms with van der Waals surface area (Å²) >= 11 is 0. The zero-order chi connectivity index (χ0) is 19.6. The van der Waals surface area contributed by atoms with Gasteiger partial charge in [0.2, 0.25) is 0 Å². The Morgan fingerprint density at radius 2 is 0.862 bits per heavy atom. The summed E-state index contributed by atoms with van der Waals surface area (Å²) in [5, 5.41) is 2.56. The molecular weight excluding hydrogens is 348 g/mol. The van der Waals surface area contributed by atoms with Crippen molar-refractivity contribution in [3.05, 3.63) is 121 Å². The molecule has 5 aromatic rings. The second-order valence-electron chi connectivity index (χ2n) is 7.59. The molecule has 5 rings (SSSR count). The van der Waals surface area contributed by atoms with Gasteiger partial charge in [0.1, 0.15) is 0 Å². The first-order valence-corrected chi connectivity index (χ1v) is 10.0. The minimum Gasteiger partial charge on any atom is -0.0622 e. The summed E-state index contributed by atoms with van der Waals surface area (Å²) in [6.45, 7) is 2.17. The quantitative estimate of drug-likeness (QED) is 0.300. The molecule has 0 aliphatic heterocycles. The lowest BCUT2D eigenvalue weighted by atomic mass is 9.94. The van der Waals surface area contributed by atoms with E-state index < -0.39 is 0 Å². The van der Waals surface area contributed by atoms with Gasteiger partial charge in [0.15, 0.2) is 0 Å². The van der Waals surface area contributed by atoms with Crippen molar-refractivity contribution in [1.82, 2.24) is 0 Å². The molecule has 0 aliphatic carbocycles. The van der Waals surface area contributed by atoms with Crippen LogP contribution in [0.4, 0.5) is 0 Å². The third kappa shape index (κ3) is 3.58. The van der Waals surface area contributed by atoms with Gasteiger partial charge in [0.25, 0.3) is 0 Å². The minimum atomic E-state index is 1.25. The lowest BCUT2D eigenvalue weighted by molar-refractivity contribution is 1.46. The van der Waals surface area contributed by atoms with Crippen LogP contribution in [0.15, 0.2) is 115 Å². The summed E-state index contributed by atoms with van der Waals surface area (Å²) in [5.41, 5.74) is 8.80. The van der Waals surface area contributed by atoms with Crippen molar-refractivity contribution in [3.8, 4) is 33.4 Å². The fourth-order valence-electron chi connectivity index (χ4n) is 3.97. The van der Waals surface area contributed by atoms with Crippen molar-refractivity contribution in [2.45, 2.75) is 6.92 Å². The molecule has 0 amide bonds. The van der Waals surface area contributed by atoms with Crippen LogP contribution in [0.1, 0.15) is 5.56 Å². The summed E-state index contributed by atoms with van der Waals surface area (Å²) in [6.07, 6.45) is 0. The van der Waals surface area contributed by atoms with Crippen LogP contribution in [0, 0.1) is 6.92 Å². The van der Waals surface area contributed by atoms with E-state index in [1.165, 1.54) is 49.7 Å². The van der Waals surface area contributed by atoms with Crippen molar-refractivity contribution in [3.63, 3.8) is 0 Å². The van der Waals surface area contributed by atoms with Crippen LogP contribution in [0.2, 0.25) is 0 Å². The molecule has 0 atom stereocenters. The van der Waals surface area contributed by atoms with Crippen LogP contribution in [0.3, 0.4) is 0 Å². The maximum absolute atomic E-state index is 2.30. The Bertz CT molecular complexity index is 1280. The van der Waals surface area contributed by atoms with Crippen LogP contribution < -0.4 is 0 Å². The maximum Gasteiger partial charge on any atom is -0.0175 e. The van der Waals surface area contributed by atoms with Crippen LogP contribution in [0.25, 0.3) is 44.2 Å². The van der Waals surface area contributed by atoms with E-state index >= 15 is 0 Å². The van der Waals surface area contributed by atoms with E-state index in [0.29, 0.717) is 0 Å². The SMILES string of the molecule is Cc1cc(-c2ccc(-c3ccccc3)cc2)cc(-c2ccc3ccccc3c2)c1. The number of rotatable bonds is 3. The van der Waals surface area contributed by atoms with Gasteiger partial charge in [-0.2, -0.15) is 0 Å². The Morgan fingerprint density at radius 3 is 1.59 bits per heavy atom. The number of benzene rings is 5. The van der Waals surface area contributed by atoms with Crippen molar-refractivity contribution in [2.75, 3.05) is 0 Å². The van der Waals surface area contributed by atoms with Gasteiger partial charge in [0.05, 0.1) is 0 Å². The van der Waals surface area contributed by atoms with Gasteiger partial charge in [0, 0.05) is 0 Å². The Kier molecular flexibility index (Phi) is 4.46. The first-order chi connectivity index (χ1) is 14.3. The topological polar surface area (TPSA) is 0 Å². The zero-order valence-corrected chi connectivity index (χ0v) is 16.5. The van der Waals surface area contributed by atoms with Crippen molar-refractivity contribution in [2.24, 2.45) is 0 Å². The number of hydrogen-bond acceptors (Lipinski definition) is 0. The summed E-state index contributed by atoms with van der Waals surface area (Å²) in [6, 6.07) is 41.5. The van der Waals surface area contributed by atoms with E-state index in [9.17, 15) is 0 Å². The Hall–Kier alpha value is -3.64. The van der Waals surface area contributed by atoms with E-state index in [0.717, 1.165) is 0 Å². The number of fused-ring (bicyclic) bond motifs is 1. The Labute approximate surface area is 172 Å². The molecular formula is C29H22. The van der Waals surface area contributed by atoms with Gasteiger partial charge in [-0.25, -0.2) is 0 Å². The molecule has 0 N–H and O–H groups in total. The average Bonchev–Trinajstić information content (AvgIpc) is 2.79. The standard InChI is InChI=1S/C29H22/c1-21-17-28(25-13-11-24(12-14-25)22-7-3-2-4-8-22)20-29(18-21)27-16-15-23-9-5-6-10-26(23)19-27/h2-20H,1H3. The molecule has 0 aliphatic rings. The van der Waals surface area contributed by atoms with Gasteiger partial charge in [-0.05, 0) is 68.8 Å². The van der Waals surface area contributed by atoms with Crippen molar-refractivity contribution >= 4 is 10.8 Å². The van der Waals surface area contributed by atoms with Gasteiger partial charge >= 0.3 is 0 Å². The molecule has 0 saturated heterocycles. The molecule has 0 bridgehead atoms. The fourth-order valence-corrected chi connectivity index (χ4v) is 3.97. The third-order valence-corrected chi connectivity index (χ3v) is 5.49. The molecule has 0 radical (unpaired) electrons. The van der Waals surface area contributed by atoms with Crippen LogP contribution in [-0.4, -0.2) is 0 Å². The zero-order valence-electron chi connectivity index (χ0n) is 16.5. The molecule has 0 spiro atoms. The van der Waals surface area contributed by atoms with E-state index in [2.05, 4.69) is 122 Å². The number of hydrogen-bond donors (Lipinski definition) is 0. The molecule has 0 heteroatoms. The first-order valence-electron chi connectivity index (χ1n) is 10.0. The highest BCUT2D eigenvalue weighted by Crippen LogP contribution is 2.31. The molecule has 0 saturated carbocycles. The van der Waals surface area contributed by atoms with E-state index in [1.54, 1.807) is 0 Å². The normalized spacial score (nSPS) is 10.9. The van der Waals surface area contributed by atoms with Gasteiger partial charge in [-0.1, -0.05) is 103 Å². The van der Waals surface area contributed by atoms with E-state index in [4.69, 9.17) is 0 Å². The van der Waals surface area contributed by atoms with Crippen LogP contribution in [-0.2, 0) is 0 Å². The largest absolute Gasteiger partial charge is 0.0622 e. The molecule has 0 nitrogen and oxygen atoms in total. The number of aryl methyl sites for hydroxylation is 1. The van der Waals surface area contributed by atoms with Gasteiger partial charge in [-0.15, -0.1) is 0 Å². The molecule has 0 fully saturated rings. The minimum absolute atomic E-state index is 1.25. The maximum atomic E-state index is 2.30. The Morgan fingerprint density at radius 1 is 0.345 bits per heavy atom. The molecule has 5 aromatic carbocycles. The molecule has 138 valence electrons. The molecule has 0 heterocycles. The highest BCUT2D eigenvalue weighted by Gasteiger charge is 2.06. The van der Waals surface area contributed by atoms with Gasteiger partial charge in [-0.3, -0.25) is 0 Å². The summed E-state index contributed by atoms with van der Waals surface area (Å²) in [4.78, 5) is 0. The average molecular weight is 370 g/mol. The van der Waals surface area contributed by atoms with E-state index in [-0.39, 0.29) is 0 Å². The first kappa shape index (κ1) is 17.5. The lowest BCUT2D eigenvalue weighted by Gasteiger charge is -2.10. The molecule has 0 unspecified atom stereocenters. The van der Waals surface area contributed by atoms with Crippen molar-refractivity contribution in [1.29, 1.82) is 0 Å². The van der Waals surface area contributed by atoms with Crippen LogP contribution >= 0.6 is 0 Å². The predicted octanol–water partition coefficient (Wildman–Crippen LogP) is 8.15. The van der Waals surface area contributed by atoms with Gasteiger partial charge < -0.3 is 0 Å². The summed E-state index contributed by atoms with van der Waals surface area (Å²) < 4.78 is 0. The van der Waals surface area contributed by atoms with Crippen molar-refractivity contribution < 1.29 is 0 Å². The van der Waals surface area contributed by atoms with Crippen LogP contribution in [0.5, 0.6) is 0 Å². The monoisotopic (exact) mass is 370 g/mol.